The molecule has 0 unspecified atom stereocenters. The Bertz CT molecular complexity index is 844. The molecule has 122 valence electrons. The molecule has 1 aromatic heterocycles. The molecule has 3 rings (SSSR count). The van der Waals surface area contributed by atoms with Crippen LogP contribution in [0.4, 0.5) is 8.78 Å². The highest BCUT2D eigenvalue weighted by Crippen LogP contribution is 2.23. The fourth-order valence-electron chi connectivity index (χ4n) is 2.22. The fraction of sp³-hybridized carbons (Fsp3) is 0.111. The van der Waals surface area contributed by atoms with Crippen LogP contribution in [0.1, 0.15) is 11.3 Å². The van der Waals surface area contributed by atoms with Crippen molar-refractivity contribution in [1.82, 2.24) is 10.5 Å². The number of nitrogens with one attached hydrogen (secondary N) is 1. The number of hydrogen-bond acceptors (Lipinski definition) is 3. The predicted octanol–water partition coefficient (Wildman–Crippen LogP) is 3.48. The molecule has 3 aromatic rings. The lowest BCUT2D eigenvalue weighted by Crippen LogP contribution is -2.24. The average molecular weight is 328 g/mol. The maximum absolute atomic E-state index is 13.7. The highest BCUT2D eigenvalue weighted by Gasteiger charge is 2.11. The number of nitrogens with zero attached hydrogens (tertiary/aromatic N) is 1. The summed E-state index contributed by atoms with van der Waals surface area (Å²) in [7, 11) is 0. The molecule has 0 atom stereocenters. The first kappa shape index (κ1) is 15.9. The Morgan fingerprint density at radius 3 is 2.58 bits per heavy atom. The molecule has 1 amide bonds. The minimum atomic E-state index is -0.402. The molecule has 0 spiro atoms. The normalized spacial score (nSPS) is 10.6. The third-order valence-corrected chi connectivity index (χ3v) is 3.44. The smallest absolute Gasteiger partial charge is 0.224 e. The van der Waals surface area contributed by atoms with Crippen molar-refractivity contribution in [2.24, 2.45) is 0 Å². The summed E-state index contributed by atoms with van der Waals surface area (Å²) < 4.78 is 31.6. The van der Waals surface area contributed by atoms with Gasteiger partial charge in [-0.1, -0.05) is 29.4 Å². The monoisotopic (exact) mass is 328 g/mol. The van der Waals surface area contributed by atoms with E-state index in [2.05, 4.69) is 10.5 Å². The Morgan fingerprint density at radius 2 is 1.83 bits per heavy atom. The molecular formula is C18H14F2N2O2. The number of hydrogen-bond donors (Lipinski definition) is 1. The van der Waals surface area contributed by atoms with Crippen molar-refractivity contribution in [3.8, 4) is 11.3 Å². The van der Waals surface area contributed by atoms with Crippen molar-refractivity contribution >= 4 is 5.91 Å². The van der Waals surface area contributed by atoms with Gasteiger partial charge < -0.3 is 9.84 Å². The molecule has 0 radical (unpaired) electrons. The van der Waals surface area contributed by atoms with Crippen LogP contribution in [-0.4, -0.2) is 11.1 Å². The first-order valence-electron chi connectivity index (χ1n) is 7.33. The van der Waals surface area contributed by atoms with E-state index >= 15 is 0 Å². The molecule has 0 saturated heterocycles. The quantitative estimate of drug-likeness (QED) is 0.780. The third-order valence-electron chi connectivity index (χ3n) is 3.44. The fourth-order valence-corrected chi connectivity index (χ4v) is 2.22. The van der Waals surface area contributed by atoms with E-state index in [1.807, 2.05) is 0 Å². The summed E-state index contributed by atoms with van der Waals surface area (Å²) in [5.41, 5.74) is 1.51. The maximum Gasteiger partial charge on any atom is 0.224 e. The Hall–Kier alpha value is -3.02. The number of aromatic nitrogens is 1. The van der Waals surface area contributed by atoms with Gasteiger partial charge in [0.05, 0.1) is 18.5 Å². The minimum Gasteiger partial charge on any atom is -0.356 e. The highest BCUT2D eigenvalue weighted by molar-refractivity contribution is 5.78. The van der Waals surface area contributed by atoms with Crippen LogP contribution in [-0.2, 0) is 17.8 Å². The zero-order valence-corrected chi connectivity index (χ0v) is 12.6. The lowest BCUT2D eigenvalue weighted by Gasteiger charge is -2.03. The maximum atomic E-state index is 13.7. The van der Waals surface area contributed by atoms with E-state index in [0.29, 0.717) is 22.6 Å². The first-order chi connectivity index (χ1) is 11.6. The number of carbonyl (C=O) groups excluding carboxylic acids is 1. The number of rotatable bonds is 5. The van der Waals surface area contributed by atoms with Gasteiger partial charge in [-0.15, -0.1) is 0 Å². The molecule has 0 fully saturated rings. The average Bonchev–Trinajstić information content (AvgIpc) is 3.04. The molecule has 6 heteroatoms. The van der Waals surface area contributed by atoms with Gasteiger partial charge in [0.15, 0.2) is 5.76 Å². The third kappa shape index (κ3) is 3.84. The number of benzene rings is 2. The molecule has 1 heterocycles. The second-order valence-electron chi connectivity index (χ2n) is 5.24. The van der Waals surface area contributed by atoms with Crippen molar-refractivity contribution in [1.29, 1.82) is 0 Å². The van der Waals surface area contributed by atoms with E-state index in [-0.39, 0.29) is 24.7 Å². The molecule has 0 bridgehead atoms. The van der Waals surface area contributed by atoms with E-state index in [9.17, 15) is 13.6 Å². The van der Waals surface area contributed by atoms with Crippen LogP contribution in [0.3, 0.4) is 0 Å². The molecule has 1 N–H and O–H groups in total. The van der Waals surface area contributed by atoms with E-state index < -0.39 is 5.82 Å². The van der Waals surface area contributed by atoms with Gasteiger partial charge in [0.25, 0.3) is 0 Å². The van der Waals surface area contributed by atoms with Crippen LogP contribution in [0.5, 0.6) is 0 Å². The van der Waals surface area contributed by atoms with E-state index in [1.54, 1.807) is 36.4 Å². The lowest BCUT2D eigenvalue weighted by atomic mass is 10.1. The minimum absolute atomic E-state index is 0.137. The molecule has 2 aromatic carbocycles. The molecular weight excluding hydrogens is 314 g/mol. The zero-order valence-electron chi connectivity index (χ0n) is 12.6. The Balaban J connectivity index is 1.58. The van der Waals surface area contributed by atoms with Gasteiger partial charge in [-0.05, 0) is 29.8 Å². The van der Waals surface area contributed by atoms with E-state index in [4.69, 9.17) is 4.52 Å². The van der Waals surface area contributed by atoms with Crippen LogP contribution < -0.4 is 5.32 Å². The van der Waals surface area contributed by atoms with Crippen molar-refractivity contribution in [3.05, 3.63) is 77.5 Å². The van der Waals surface area contributed by atoms with E-state index in [1.165, 1.54) is 18.2 Å². The van der Waals surface area contributed by atoms with Gasteiger partial charge in [0.1, 0.15) is 17.3 Å². The van der Waals surface area contributed by atoms with Crippen LogP contribution in [0.15, 0.2) is 59.1 Å². The summed E-state index contributed by atoms with van der Waals surface area (Å²) in [4.78, 5) is 11.9. The second kappa shape index (κ2) is 7.04. The van der Waals surface area contributed by atoms with Crippen LogP contribution in [0, 0.1) is 11.6 Å². The van der Waals surface area contributed by atoms with Gasteiger partial charge in [0, 0.05) is 6.07 Å². The molecule has 0 aliphatic carbocycles. The van der Waals surface area contributed by atoms with E-state index in [0.717, 1.165) is 0 Å². The SMILES string of the molecule is O=C(Cc1ccc(F)cc1)NCc1cc(-c2ccccc2F)on1. The van der Waals surface area contributed by atoms with Crippen LogP contribution in [0.2, 0.25) is 0 Å². The highest BCUT2D eigenvalue weighted by atomic mass is 19.1. The van der Waals surface area contributed by atoms with Crippen molar-refractivity contribution in [2.45, 2.75) is 13.0 Å². The lowest BCUT2D eigenvalue weighted by molar-refractivity contribution is -0.120. The van der Waals surface area contributed by atoms with Gasteiger partial charge in [-0.2, -0.15) is 0 Å². The van der Waals surface area contributed by atoms with Crippen LogP contribution in [0.25, 0.3) is 11.3 Å². The molecule has 24 heavy (non-hydrogen) atoms. The van der Waals surface area contributed by atoms with Gasteiger partial charge in [-0.3, -0.25) is 4.79 Å². The van der Waals surface area contributed by atoms with Gasteiger partial charge >= 0.3 is 0 Å². The zero-order chi connectivity index (χ0) is 16.9. The molecule has 4 nitrogen and oxygen atoms in total. The Kier molecular flexibility index (Phi) is 4.65. The van der Waals surface area contributed by atoms with Gasteiger partial charge in [0.2, 0.25) is 5.91 Å². The summed E-state index contributed by atoms with van der Waals surface area (Å²) >= 11 is 0. The molecule has 0 aliphatic rings. The Morgan fingerprint density at radius 1 is 1.08 bits per heavy atom. The van der Waals surface area contributed by atoms with Crippen molar-refractivity contribution in [3.63, 3.8) is 0 Å². The standard InChI is InChI=1S/C18H14F2N2O2/c19-13-7-5-12(6-8-13)9-18(23)21-11-14-10-17(24-22-14)15-3-1-2-4-16(15)20/h1-8,10H,9,11H2,(H,21,23). The summed E-state index contributed by atoms with van der Waals surface area (Å²) in [6, 6.07) is 13.5. The second-order valence-corrected chi connectivity index (χ2v) is 5.24. The van der Waals surface area contributed by atoms with Crippen LogP contribution >= 0.6 is 0 Å². The van der Waals surface area contributed by atoms with Gasteiger partial charge in [-0.25, -0.2) is 8.78 Å². The topological polar surface area (TPSA) is 55.1 Å². The largest absolute Gasteiger partial charge is 0.356 e. The number of halogens is 2. The predicted molar refractivity (Wildman–Crippen MR) is 83.8 cm³/mol. The Labute approximate surface area is 137 Å². The summed E-state index contributed by atoms with van der Waals surface area (Å²) in [5.74, 6) is -0.670. The summed E-state index contributed by atoms with van der Waals surface area (Å²) in [6.45, 7) is 0.165. The first-order valence-corrected chi connectivity index (χ1v) is 7.33. The van der Waals surface area contributed by atoms with Crippen molar-refractivity contribution < 1.29 is 18.1 Å². The van der Waals surface area contributed by atoms with Crippen molar-refractivity contribution in [2.75, 3.05) is 0 Å². The summed E-state index contributed by atoms with van der Waals surface area (Å²) in [6.07, 6.45) is 0.137. The number of amides is 1. The molecule has 0 saturated carbocycles. The summed E-state index contributed by atoms with van der Waals surface area (Å²) in [5, 5.41) is 6.51. The number of carbonyl (C=O) groups is 1. The molecule has 0 aliphatic heterocycles.